The second kappa shape index (κ2) is 7.64. The Hall–Kier alpha value is -1.86. The summed E-state index contributed by atoms with van der Waals surface area (Å²) in [4.78, 5) is 8.86. The van der Waals surface area contributed by atoms with Gasteiger partial charge in [-0.25, -0.2) is 4.98 Å². The van der Waals surface area contributed by atoms with Crippen molar-refractivity contribution in [3.8, 4) is 0 Å². The third-order valence-corrected chi connectivity index (χ3v) is 6.43. The number of nitrogens with zero attached hydrogens (tertiary/aromatic N) is 4. The van der Waals surface area contributed by atoms with Crippen LogP contribution in [0.1, 0.15) is 44.2 Å². The van der Waals surface area contributed by atoms with Gasteiger partial charge in [0.1, 0.15) is 5.02 Å². The van der Waals surface area contributed by atoms with Crippen LogP contribution in [0.5, 0.6) is 0 Å². The van der Waals surface area contributed by atoms with Gasteiger partial charge in [-0.1, -0.05) is 11.6 Å². The van der Waals surface area contributed by atoms with Crippen molar-refractivity contribution in [3.63, 3.8) is 0 Å². The van der Waals surface area contributed by atoms with Crippen LogP contribution < -0.4 is 16.0 Å². The maximum absolute atomic E-state index is 6.35. The molecule has 2 aliphatic rings. The fourth-order valence-corrected chi connectivity index (χ4v) is 4.44. The minimum absolute atomic E-state index is 0.419. The monoisotopic (exact) mass is 389 g/mol. The predicted molar refractivity (Wildman–Crippen MR) is 109 cm³/mol. The molecule has 0 bridgehead atoms. The van der Waals surface area contributed by atoms with E-state index in [-0.39, 0.29) is 0 Å². The highest BCUT2D eigenvalue weighted by molar-refractivity contribution is 6.32. The summed E-state index contributed by atoms with van der Waals surface area (Å²) >= 11 is 6.35. The maximum Gasteiger partial charge on any atom is 0.230 e. The minimum Gasteiger partial charge on any atom is -0.366 e. The first-order chi connectivity index (χ1) is 13.0. The molecule has 0 aromatic carbocycles. The number of anilines is 3. The zero-order chi connectivity index (χ0) is 18.9. The normalized spacial score (nSPS) is 20.0. The van der Waals surface area contributed by atoms with Crippen molar-refractivity contribution < 1.29 is 0 Å². The third kappa shape index (κ3) is 4.19. The van der Waals surface area contributed by atoms with Gasteiger partial charge in [-0.3, -0.25) is 4.68 Å². The van der Waals surface area contributed by atoms with Crippen LogP contribution in [0.2, 0.25) is 5.02 Å². The van der Waals surface area contributed by atoms with E-state index in [2.05, 4.69) is 31.0 Å². The summed E-state index contributed by atoms with van der Waals surface area (Å²) in [7, 11) is 1.91. The SMILES string of the molecule is Cc1cc(Nc2ncc(Cl)c(NC3CCC4(CCNCC4)CC3)n2)nn1C. The number of aromatic nitrogens is 4. The van der Waals surface area contributed by atoms with Gasteiger partial charge in [-0.2, -0.15) is 10.1 Å². The molecule has 1 aliphatic heterocycles. The van der Waals surface area contributed by atoms with Gasteiger partial charge in [-0.15, -0.1) is 0 Å². The topological polar surface area (TPSA) is 79.7 Å². The lowest BCUT2D eigenvalue weighted by Gasteiger charge is -2.43. The predicted octanol–water partition coefficient (Wildman–Crippen LogP) is 3.64. The largest absolute Gasteiger partial charge is 0.366 e. The van der Waals surface area contributed by atoms with Crippen LogP contribution >= 0.6 is 11.6 Å². The van der Waals surface area contributed by atoms with E-state index in [9.17, 15) is 0 Å². The molecule has 4 rings (SSSR count). The van der Waals surface area contributed by atoms with Crippen LogP contribution in [-0.2, 0) is 7.05 Å². The Morgan fingerprint density at radius 1 is 1.22 bits per heavy atom. The third-order valence-electron chi connectivity index (χ3n) is 6.15. The van der Waals surface area contributed by atoms with Gasteiger partial charge < -0.3 is 16.0 Å². The molecule has 2 aromatic rings. The molecule has 0 amide bonds. The molecular formula is C19H28ClN7. The molecule has 27 heavy (non-hydrogen) atoms. The minimum atomic E-state index is 0.419. The second-order valence-electron chi connectivity index (χ2n) is 7.98. The van der Waals surface area contributed by atoms with Crippen molar-refractivity contribution in [1.82, 2.24) is 25.1 Å². The average molecular weight is 390 g/mol. The van der Waals surface area contributed by atoms with Crippen LogP contribution in [0.25, 0.3) is 0 Å². The van der Waals surface area contributed by atoms with E-state index >= 15 is 0 Å². The molecule has 3 heterocycles. The van der Waals surface area contributed by atoms with Crippen molar-refractivity contribution >= 4 is 29.2 Å². The zero-order valence-electron chi connectivity index (χ0n) is 16.1. The highest BCUT2D eigenvalue weighted by atomic mass is 35.5. The lowest BCUT2D eigenvalue weighted by Crippen LogP contribution is -2.41. The van der Waals surface area contributed by atoms with Gasteiger partial charge in [0.25, 0.3) is 0 Å². The molecule has 1 spiro atoms. The molecule has 146 valence electrons. The first-order valence-corrected chi connectivity index (χ1v) is 10.2. The number of hydrogen-bond donors (Lipinski definition) is 3. The van der Waals surface area contributed by atoms with Crippen molar-refractivity contribution in [2.24, 2.45) is 12.5 Å². The Kier molecular flexibility index (Phi) is 5.23. The quantitative estimate of drug-likeness (QED) is 0.740. The van der Waals surface area contributed by atoms with Gasteiger partial charge in [-0.05, 0) is 64.0 Å². The molecule has 7 nitrogen and oxygen atoms in total. The molecule has 2 aromatic heterocycles. The van der Waals surface area contributed by atoms with Gasteiger partial charge in [0, 0.05) is 24.8 Å². The summed E-state index contributed by atoms with van der Waals surface area (Å²) < 4.78 is 1.82. The van der Waals surface area contributed by atoms with E-state index in [1.807, 2.05) is 24.7 Å². The van der Waals surface area contributed by atoms with Crippen molar-refractivity contribution in [1.29, 1.82) is 0 Å². The molecule has 2 fully saturated rings. The van der Waals surface area contributed by atoms with Crippen molar-refractivity contribution in [2.75, 3.05) is 23.7 Å². The van der Waals surface area contributed by atoms with E-state index in [1.165, 1.54) is 38.5 Å². The van der Waals surface area contributed by atoms with Crippen LogP contribution in [0.3, 0.4) is 0 Å². The molecule has 0 radical (unpaired) electrons. The van der Waals surface area contributed by atoms with Gasteiger partial charge in [0.2, 0.25) is 5.95 Å². The lowest BCUT2D eigenvalue weighted by atomic mass is 9.67. The number of piperidine rings is 1. The van der Waals surface area contributed by atoms with E-state index in [0.717, 1.165) is 24.6 Å². The molecule has 0 atom stereocenters. The summed E-state index contributed by atoms with van der Waals surface area (Å²) in [6.45, 7) is 4.34. The highest BCUT2D eigenvalue weighted by Gasteiger charge is 2.36. The number of nitrogens with one attached hydrogen (secondary N) is 3. The number of rotatable bonds is 4. The lowest BCUT2D eigenvalue weighted by molar-refractivity contribution is 0.128. The summed E-state index contributed by atoms with van der Waals surface area (Å²) in [5, 5.41) is 15.1. The van der Waals surface area contributed by atoms with Gasteiger partial charge in [0.05, 0.1) is 6.20 Å². The van der Waals surface area contributed by atoms with Crippen LogP contribution in [-0.4, -0.2) is 38.9 Å². The maximum atomic E-state index is 6.35. The van der Waals surface area contributed by atoms with Gasteiger partial charge in [0.15, 0.2) is 11.6 Å². The Balaban J connectivity index is 1.40. The first kappa shape index (κ1) is 18.5. The summed E-state index contributed by atoms with van der Waals surface area (Å²) in [5.74, 6) is 1.94. The highest BCUT2D eigenvalue weighted by Crippen LogP contribution is 2.43. The Bertz CT molecular complexity index is 768. The molecule has 1 aliphatic carbocycles. The van der Waals surface area contributed by atoms with Crippen LogP contribution in [0, 0.1) is 12.3 Å². The Morgan fingerprint density at radius 2 is 1.96 bits per heavy atom. The van der Waals surface area contributed by atoms with Crippen molar-refractivity contribution in [2.45, 2.75) is 51.5 Å². The number of aryl methyl sites for hydroxylation is 2. The Labute approximate surface area is 165 Å². The molecule has 0 unspecified atom stereocenters. The van der Waals surface area contributed by atoms with Crippen molar-refractivity contribution in [3.05, 3.63) is 23.0 Å². The standard InChI is InChI=1S/C19H28ClN7/c1-13-11-16(26-27(13)2)24-18-22-12-15(20)17(25-18)23-14-3-5-19(6-4-14)7-9-21-10-8-19/h11-12,14,21H,3-10H2,1-2H3,(H2,22,23,24,25,26). The zero-order valence-corrected chi connectivity index (χ0v) is 16.8. The fraction of sp³-hybridized carbons (Fsp3) is 0.632. The van der Waals surface area contributed by atoms with E-state index < -0.39 is 0 Å². The van der Waals surface area contributed by atoms with E-state index in [1.54, 1.807) is 6.20 Å². The fourth-order valence-electron chi connectivity index (χ4n) is 4.29. The molecule has 1 saturated heterocycles. The average Bonchev–Trinajstić information content (AvgIpc) is 2.98. The molecular weight excluding hydrogens is 362 g/mol. The summed E-state index contributed by atoms with van der Waals surface area (Å²) in [6.07, 6.45) is 9.18. The first-order valence-electron chi connectivity index (χ1n) is 9.80. The van der Waals surface area contributed by atoms with Crippen LogP contribution in [0.15, 0.2) is 12.3 Å². The van der Waals surface area contributed by atoms with E-state index in [4.69, 9.17) is 11.6 Å². The molecule has 8 heteroatoms. The molecule has 3 N–H and O–H groups in total. The molecule has 1 saturated carbocycles. The Morgan fingerprint density at radius 3 is 2.63 bits per heavy atom. The number of hydrogen-bond acceptors (Lipinski definition) is 6. The van der Waals surface area contributed by atoms with Crippen LogP contribution in [0.4, 0.5) is 17.6 Å². The smallest absolute Gasteiger partial charge is 0.230 e. The summed E-state index contributed by atoms with van der Waals surface area (Å²) in [6, 6.07) is 2.38. The van der Waals surface area contributed by atoms with E-state index in [0.29, 0.717) is 28.2 Å². The second-order valence-corrected chi connectivity index (χ2v) is 8.39. The summed E-state index contributed by atoms with van der Waals surface area (Å²) in [5.41, 5.74) is 1.63. The number of halogens is 1. The van der Waals surface area contributed by atoms with Gasteiger partial charge >= 0.3 is 0 Å².